The van der Waals surface area contributed by atoms with E-state index in [0.717, 1.165) is 0 Å². The number of aliphatic hydroxyl groups excluding tert-OH is 1. The van der Waals surface area contributed by atoms with Crippen LogP contribution in [0.2, 0.25) is 0 Å². The van der Waals surface area contributed by atoms with Crippen LogP contribution < -0.4 is 5.32 Å². The quantitative estimate of drug-likeness (QED) is 0.636. The van der Waals surface area contributed by atoms with Gasteiger partial charge in [-0.1, -0.05) is 20.8 Å². The summed E-state index contributed by atoms with van der Waals surface area (Å²) in [5.74, 6) is 0. The van der Waals surface area contributed by atoms with Crippen molar-refractivity contribution in [2.24, 2.45) is 5.41 Å². The van der Waals surface area contributed by atoms with Crippen LogP contribution in [0.3, 0.4) is 0 Å². The first-order valence-corrected chi connectivity index (χ1v) is 6.35. The predicted octanol–water partition coefficient (Wildman–Crippen LogP) is 2.68. The number of rotatable bonds is 5. The number of nitriles is 1. The lowest BCUT2D eigenvalue weighted by Crippen LogP contribution is -2.35. The predicted molar refractivity (Wildman–Crippen MR) is 76.4 cm³/mol. The standard InChI is InChI=1S/C14H19N3O3/c1-14(2,3)13(6-7-18)16-11-8-10(9-15)4-5-12(11)17(19)20/h4-5,8,13,16,18H,6-7H2,1-3H3. The van der Waals surface area contributed by atoms with Crippen molar-refractivity contribution >= 4 is 11.4 Å². The highest BCUT2D eigenvalue weighted by atomic mass is 16.6. The second kappa shape index (κ2) is 6.35. The molecule has 0 bridgehead atoms. The van der Waals surface area contributed by atoms with Gasteiger partial charge in [0.15, 0.2) is 0 Å². The van der Waals surface area contributed by atoms with Crippen molar-refractivity contribution in [2.45, 2.75) is 33.2 Å². The Morgan fingerprint density at radius 1 is 1.50 bits per heavy atom. The average Bonchev–Trinajstić information content (AvgIpc) is 2.36. The van der Waals surface area contributed by atoms with Gasteiger partial charge in [0.1, 0.15) is 5.69 Å². The topological polar surface area (TPSA) is 99.2 Å². The maximum Gasteiger partial charge on any atom is 0.292 e. The zero-order chi connectivity index (χ0) is 15.3. The molecule has 1 rings (SSSR count). The maximum absolute atomic E-state index is 11.0. The number of nitro benzene ring substituents is 1. The molecule has 20 heavy (non-hydrogen) atoms. The summed E-state index contributed by atoms with van der Waals surface area (Å²) < 4.78 is 0. The van der Waals surface area contributed by atoms with Crippen molar-refractivity contribution in [2.75, 3.05) is 11.9 Å². The van der Waals surface area contributed by atoms with Crippen molar-refractivity contribution in [3.05, 3.63) is 33.9 Å². The Bertz CT molecular complexity index is 529. The number of hydrogen-bond donors (Lipinski definition) is 2. The number of hydrogen-bond acceptors (Lipinski definition) is 5. The van der Waals surface area contributed by atoms with Crippen LogP contribution in [-0.4, -0.2) is 22.7 Å². The number of nitrogens with zero attached hydrogens (tertiary/aromatic N) is 2. The first kappa shape index (κ1) is 15.9. The van der Waals surface area contributed by atoms with E-state index in [1.165, 1.54) is 18.2 Å². The van der Waals surface area contributed by atoms with E-state index in [1.807, 2.05) is 26.8 Å². The fraction of sp³-hybridized carbons (Fsp3) is 0.500. The summed E-state index contributed by atoms with van der Waals surface area (Å²) in [7, 11) is 0. The second-order valence-electron chi connectivity index (χ2n) is 5.68. The van der Waals surface area contributed by atoms with Crippen LogP contribution in [0.1, 0.15) is 32.8 Å². The van der Waals surface area contributed by atoms with Gasteiger partial charge < -0.3 is 10.4 Å². The highest BCUT2D eigenvalue weighted by molar-refractivity contribution is 5.64. The summed E-state index contributed by atoms with van der Waals surface area (Å²) in [6.07, 6.45) is 0.470. The lowest BCUT2D eigenvalue weighted by Gasteiger charge is -2.31. The third kappa shape index (κ3) is 3.93. The van der Waals surface area contributed by atoms with E-state index < -0.39 is 4.92 Å². The molecule has 0 spiro atoms. The van der Waals surface area contributed by atoms with Crippen LogP contribution in [0.15, 0.2) is 18.2 Å². The maximum atomic E-state index is 11.0. The molecule has 0 saturated heterocycles. The number of aliphatic hydroxyl groups is 1. The Hall–Kier alpha value is -2.13. The summed E-state index contributed by atoms with van der Waals surface area (Å²) in [6.45, 7) is 5.95. The van der Waals surface area contributed by atoms with Gasteiger partial charge in [0.05, 0.1) is 16.6 Å². The average molecular weight is 277 g/mol. The van der Waals surface area contributed by atoms with Gasteiger partial charge in [-0.15, -0.1) is 0 Å². The third-order valence-electron chi connectivity index (χ3n) is 3.12. The van der Waals surface area contributed by atoms with Crippen LogP contribution in [-0.2, 0) is 0 Å². The Kier molecular flexibility index (Phi) is 5.06. The van der Waals surface area contributed by atoms with Gasteiger partial charge in [0.2, 0.25) is 0 Å². The molecule has 0 saturated carbocycles. The molecule has 6 nitrogen and oxygen atoms in total. The van der Waals surface area contributed by atoms with E-state index in [2.05, 4.69) is 5.32 Å². The minimum Gasteiger partial charge on any atom is -0.396 e. The number of anilines is 1. The van der Waals surface area contributed by atoms with E-state index in [0.29, 0.717) is 17.7 Å². The molecule has 2 N–H and O–H groups in total. The highest BCUT2D eigenvalue weighted by Gasteiger charge is 2.26. The molecule has 0 aromatic heterocycles. The minimum absolute atomic E-state index is 0.0132. The lowest BCUT2D eigenvalue weighted by atomic mass is 9.84. The van der Waals surface area contributed by atoms with Crippen LogP contribution in [0.4, 0.5) is 11.4 Å². The minimum atomic E-state index is -0.484. The Morgan fingerprint density at radius 2 is 2.15 bits per heavy atom. The van der Waals surface area contributed by atoms with Crippen LogP contribution in [0.25, 0.3) is 0 Å². The van der Waals surface area contributed by atoms with Gasteiger partial charge in [-0.2, -0.15) is 5.26 Å². The van der Waals surface area contributed by atoms with E-state index in [1.54, 1.807) is 0 Å². The number of nitro groups is 1. The largest absolute Gasteiger partial charge is 0.396 e. The first-order valence-electron chi connectivity index (χ1n) is 6.35. The lowest BCUT2D eigenvalue weighted by molar-refractivity contribution is -0.384. The van der Waals surface area contributed by atoms with Gasteiger partial charge in [0.25, 0.3) is 5.69 Å². The molecule has 0 heterocycles. The van der Waals surface area contributed by atoms with Crippen LogP contribution in [0, 0.1) is 26.9 Å². The number of benzene rings is 1. The van der Waals surface area contributed by atoms with E-state index in [9.17, 15) is 10.1 Å². The van der Waals surface area contributed by atoms with Gasteiger partial charge in [-0.3, -0.25) is 10.1 Å². The zero-order valence-corrected chi connectivity index (χ0v) is 11.9. The fourth-order valence-corrected chi connectivity index (χ4v) is 1.92. The van der Waals surface area contributed by atoms with E-state index in [-0.39, 0.29) is 23.8 Å². The third-order valence-corrected chi connectivity index (χ3v) is 3.12. The summed E-state index contributed by atoms with van der Waals surface area (Å²) in [4.78, 5) is 10.6. The van der Waals surface area contributed by atoms with Crippen LogP contribution in [0.5, 0.6) is 0 Å². The summed E-state index contributed by atoms with van der Waals surface area (Å²) in [5.41, 5.74) is 0.410. The van der Waals surface area contributed by atoms with Crippen LogP contribution >= 0.6 is 0 Å². The zero-order valence-electron chi connectivity index (χ0n) is 11.9. The summed E-state index contributed by atoms with van der Waals surface area (Å²) in [5, 5.41) is 32.2. The fourth-order valence-electron chi connectivity index (χ4n) is 1.92. The molecule has 1 aromatic carbocycles. The Balaban J connectivity index is 3.16. The SMILES string of the molecule is CC(C)(C)C(CCO)Nc1cc(C#N)ccc1[N+](=O)[O-]. The molecule has 1 unspecified atom stereocenters. The van der Waals surface area contributed by atoms with Gasteiger partial charge in [0, 0.05) is 18.7 Å². The normalized spacial score (nSPS) is 12.6. The molecule has 0 aliphatic heterocycles. The molecular weight excluding hydrogens is 258 g/mol. The van der Waals surface area contributed by atoms with Gasteiger partial charge in [-0.05, 0) is 24.0 Å². The smallest absolute Gasteiger partial charge is 0.292 e. The molecule has 0 fully saturated rings. The summed E-state index contributed by atoms with van der Waals surface area (Å²) >= 11 is 0. The molecule has 0 aliphatic rings. The van der Waals surface area contributed by atoms with Crippen molar-refractivity contribution in [1.82, 2.24) is 0 Å². The molecule has 6 heteroatoms. The molecular formula is C14H19N3O3. The van der Waals surface area contributed by atoms with Crippen molar-refractivity contribution in [3.8, 4) is 6.07 Å². The molecule has 0 amide bonds. The monoisotopic (exact) mass is 277 g/mol. The van der Waals surface area contributed by atoms with Gasteiger partial charge in [-0.25, -0.2) is 0 Å². The van der Waals surface area contributed by atoms with Crippen molar-refractivity contribution in [3.63, 3.8) is 0 Å². The Morgan fingerprint density at radius 3 is 2.60 bits per heavy atom. The molecule has 0 radical (unpaired) electrons. The Labute approximate surface area is 118 Å². The molecule has 0 aliphatic carbocycles. The molecule has 1 atom stereocenters. The second-order valence-corrected chi connectivity index (χ2v) is 5.68. The molecule has 1 aromatic rings. The van der Waals surface area contributed by atoms with Crippen molar-refractivity contribution in [1.29, 1.82) is 5.26 Å². The first-order chi connectivity index (χ1) is 9.29. The van der Waals surface area contributed by atoms with E-state index >= 15 is 0 Å². The van der Waals surface area contributed by atoms with E-state index in [4.69, 9.17) is 10.4 Å². The van der Waals surface area contributed by atoms with Crippen molar-refractivity contribution < 1.29 is 10.0 Å². The highest BCUT2D eigenvalue weighted by Crippen LogP contribution is 2.31. The summed E-state index contributed by atoms with van der Waals surface area (Å²) in [6, 6.07) is 6.03. The van der Waals surface area contributed by atoms with Gasteiger partial charge >= 0.3 is 0 Å². The molecule has 108 valence electrons. The number of nitrogens with one attached hydrogen (secondary N) is 1.